The fourth-order valence-electron chi connectivity index (χ4n) is 2.46. The van der Waals surface area contributed by atoms with E-state index in [1.807, 2.05) is 0 Å². The fourth-order valence-corrected chi connectivity index (χ4v) is 2.46. The number of aryl methyl sites for hydroxylation is 1. The number of carbonyl (C=O) groups excluding carboxylic acids is 1. The molecule has 0 aliphatic heterocycles. The molecular weight excluding hydrogens is 433 g/mol. The molecule has 147 valence electrons. The fraction of sp³-hybridized carbons (Fsp3) is 0.0588. The molecule has 1 aromatic heterocycles. The Kier molecular flexibility index (Phi) is 5.91. The van der Waals surface area contributed by atoms with Crippen LogP contribution in [-0.2, 0) is 17.1 Å². The van der Waals surface area contributed by atoms with Crippen molar-refractivity contribution in [3.05, 3.63) is 76.0 Å². The maximum atomic E-state index is 14.0. The van der Waals surface area contributed by atoms with Gasteiger partial charge < -0.3 is 5.11 Å². The number of aromatic hydroxyl groups is 1. The van der Waals surface area contributed by atoms with Gasteiger partial charge in [-0.15, -0.1) is 0 Å². The zero-order valence-electron chi connectivity index (χ0n) is 13.7. The van der Waals surface area contributed by atoms with Crippen molar-refractivity contribution in [1.82, 2.24) is 9.78 Å². The van der Waals surface area contributed by atoms with Crippen molar-refractivity contribution >= 4 is 5.78 Å². The molecule has 0 amide bonds. The molecule has 0 atom stereocenters. The van der Waals surface area contributed by atoms with Crippen LogP contribution in [0.4, 0.5) is 26.3 Å². The normalized spacial score (nSPS) is 10.7. The van der Waals surface area contributed by atoms with Gasteiger partial charge in [-0.25, -0.2) is 26.3 Å². The Bertz CT molecular complexity index is 1050. The molecule has 11 heteroatoms. The summed E-state index contributed by atoms with van der Waals surface area (Å²) in [5, 5.41) is 13.7. The van der Waals surface area contributed by atoms with Crippen LogP contribution >= 0.6 is 0 Å². The molecule has 4 nitrogen and oxygen atoms in total. The van der Waals surface area contributed by atoms with Crippen molar-refractivity contribution < 1.29 is 53.3 Å². The Morgan fingerprint density at radius 2 is 1.36 bits per heavy atom. The van der Waals surface area contributed by atoms with Gasteiger partial charge >= 0.3 is 0 Å². The van der Waals surface area contributed by atoms with E-state index in [2.05, 4.69) is 5.10 Å². The molecule has 28 heavy (non-hydrogen) atoms. The summed E-state index contributed by atoms with van der Waals surface area (Å²) in [6.07, 6.45) is 0. The van der Waals surface area contributed by atoms with Gasteiger partial charge in [-0.3, -0.25) is 4.79 Å². The smallest absolute Gasteiger partial charge is 0.226 e. The molecule has 0 saturated carbocycles. The third kappa shape index (κ3) is 3.27. The molecule has 0 unspecified atom stereocenters. The first-order valence-electron chi connectivity index (χ1n) is 7.25. The van der Waals surface area contributed by atoms with Crippen molar-refractivity contribution in [2.24, 2.45) is 0 Å². The average molecular weight is 441 g/mol. The van der Waals surface area contributed by atoms with Crippen LogP contribution in [0.3, 0.4) is 0 Å². The number of rotatable bonds is 3. The second-order valence-electron chi connectivity index (χ2n) is 5.45. The van der Waals surface area contributed by atoms with Gasteiger partial charge in [-0.05, 0) is 31.2 Å². The average Bonchev–Trinajstić information content (AvgIpc) is 2.93. The van der Waals surface area contributed by atoms with E-state index >= 15 is 0 Å². The van der Waals surface area contributed by atoms with Crippen LogP contribution < -0.4 is 0 Å². The van der Waals surface area contributed by atoms with E-state index in [1.165, 1.54) is 6.92 Å². The van der Waals surface area contributed by atoms with Gasteiger partial charge in [0.05, 0.1) is 5.69 Å². The number of halogens is 6. The molecule has 1 radical (unpaired) electrons. The first-order chi connectivity index (χ1) is 12.6. The summed E-state index contributed by atoms with van der Waals surface area (Å²) in [7, 11) is 0. The Morgan fingerprint density at radius 1 is 0.893 bits per heavy atom. The molecule has 3 rings (SSSR count). The second-order valence-corrected chi connectivity index (χ2v) is 5.45. The summed E-state index contributed by atoms with van der Waals surface area (Å²) in [6.45, 7) is 1.18. The van der Waals surface area contributed by atoms with Crippen LogP contribution in [0.5, 0.6) is 5.88 Å². The van der Waals surface area contributed by atoms with E-state index in [0.717, 1.165) is 24.3 Å². The largest absolute Gasteiger partial charge is 0.493 e. The van der Waals surface area contributed by atoms with Crippen LogP contribution in [0.2, 0.25) is 0 Å². The molecular formula is C17H8F6MnN2O2. The molecule has 1 N–H and O–H groups in total. The van der Waals surface area contributed by atoms with E-state index in [0.29, 0.717) is 0 Å². The molecule has 0 fully saturated rings. The summed E-state index contributed by atoms with van der Waals surface area (Å²) in [6, 6.07) is 4.11. The van der Waals surface area contributed by atoms with Crippen molar-refractivity contribution in [3.63, 3.8) is 0 Å². The minimum Gasteiger partial charge on any atom is -0.493 e. The number of ketones is 1. The number of benzene rings is 2. The van der Waals surface area contributed by atoms with Crippen LogP contribution in [0.15, 0.2) is 24.3 Å². The number of nitrogens with zero attached hydrogens (tertiary/aromatic N) is 2. The number of hydrogen-bond acceptors (Lipinski definition) is 3. The molecule has 0 aliphatic carbocycles. The molecule has 0 aliphatic rings. The van der Waals surface area contributed by atoms with Crippen molar-refractivity contribution in [1.29, 1.82) is 0 Å². The first-order valence-corrected chi connectivity index (χ1v) is 7.25. The predicted molar refractivity (Wildman–Crippen MR) is 79.6 cm³/mol. The standard InChI is InChI=1S/C17H8F6N2O2.Mn/c1-6-9(16(26)7-2-4-8(18)5-3-7)17(27)25(24-6)15-13(22)11(20)10(19)12(21)14(15)23;/h2-5,27H,1H3;. The Balaban J connectivity index is 0.00000280. The van der Waals surface area contributed by atoms with Gasteiger partial charge in [-0.1, -0.05) is 0 Å². The van der Waals surface area contributed by atoms with Crippen LogP contribution in [0.1, 0.15) is 21.6 Å². The molecule has 0 bridgehead atoms. The van der Waals surface area contributed by atoms with Gasteiger partial charge in [0.15, 0.2) is 29.1 Å². The van der Waals surface area contributed by atoms with Crippen molar-refractivity contribution in [2.45, 2.75) is 6.92 Å². The summed E-state index contributed by atoms with van der Waals surface area (Å²) >= 11 is 0. The van der Waals surface area contributed by atoms with E-state index < -0.39 is 57.8 Å². The van der Waals surface area contributed by atoms with Gasteiger partial charge in [0.25, 0.3) is 0 Å². The molecule has 3 aromatic rings. The maximum Gasteiger partial charge on any atom is 0.226 e. The van der Waals surface area contributed by atoms with Crippen molar-refractivity contribution in [3.8, 4) is 11.6 Å². The Morgan fingerprint density at radius 3 is 1.86 bits per heavy atom. The Hall–Kier alpha value is -2.78. The third-order valence-electron chi connectivity index (χ3n) is 3.77. The summed E-state index contributed by atoms with van der Waals surface area (Å²) in [5.41, 5.74) is -2.41. The topological polar surface area (TPSA) is 55.1 Å². The minimum absolute atomic E-state index is 0. The monoisotopic (exact) mass is 441 g/mol. The minimum atomic E-state index is -2.38. The molecule has 1 heterocycles. The summed E-state index contributed by atoms with van der Waals surface area (Å²) in [5.74, 6) is -14.0. The first kappa shape index (κ1) is 21.5. The zero-order valence-corrected chi connectivity index (χ0v) is 14.9. The van der Waals surface area contributed by atoms with E-state index in [4.69, 9.17) is 0 Å². The summed E-state index contributed by atoms with van der Waals surface area (Å²) in [4.78, 5) is 12.5. The van der Waals surface area contributed by atoms with Crippen LogP contribution in [-0.4, -0.2) is 20.7 Å². The van der Waals surface area contributed by atoms with E-state index in [1.54, 1.807) is 0 Å². The third-order valence-corrected chi connectivity index (χ3v) is 3.77. The maximum absolute atomic E-state index is 14.0. The van der Waals surface area contributed by atoms with E-state index in [-0.39, 0.29) is 33.0 Å². The van der Waals surface area contributed by atoms with Crippen LogP contribution in [0, 0.1) is 41.8 Å². The van der Waals surface area contributed by atoms with Gasteiger partial charge in [0.1, 0.15) is 17.1 Å². The van der Waals surface area contributed by atoms with Crippen LogP contribution in [0.25, 0.3) is 5.69 Å². The molecule has 0 saturated heterocycles. The predicted octanol–water partition coefficient (Wildman–Crippen LogP) is 3.95. The van der Waals surface area contributed by atoms with Gasteiger partial charge in [0, 0.05) is 22.6 Å². The number of hydrogen-bond donors (Lipinski definition) is 1. The van der Waals surface area contributed by atoms with Gasteiger partial charge in [0.2, 0.25) is 11.7 Å². The quantitative estimate of drug-likeness (QED) is 0.220. The molecule has 0 spiro atoms. The SMILES string of the molecule is Cc1nn(-c2c(F)c(F)c(F)c(F)c2F)c(O)c1C(=O)c1ccc(F)cc1.[Mn]. The zero-order chi connectivity index (χ0) is 20.0. The van der Waals surface area contributed by atoms with E-state index in [9.17, 15) is 36.2 Å². The number of aromatic nitrogens is 2. The van der Waals surface area contributed by atoms with Gasteiger partial charge in [-0.2, -0.15) is 9.78 Å². The molecule has 2 aromatic carbocycles. The van der Waals surface area contributed by atoms with Crippen molar-refractivity contribution in [2.75, 3.05) is 0 Å². The summed E-state index contributed by atoms with van der Waals surface area (Å²) < 4.78 is 80.9. The second kappa shape index (κ2) is 7.69. The number of carbonyl (C=O) groups is 1. The Labute approximate surface area is 163 Å².